The number of hydrogen-bond acceptors (Lipinski definition) is 9. The van der Waals surface area contributed by atoms with Crippen molar-refractivity contribution in [2.75, 3.05) is 32.2 Å². The summed E-state index contributed by atoms with van der Waals surface area (Å²) in [6.07, 6.45) is 3.43. The summed E-state index contributed by atoms with van der Waals surface area (Å²) in [5, 5.41) is 8.64. The number of ether oxygens (including phenoxy) is 4. The molecule has 34 heavy (non-hydrogen) atoms. The normalized spacial score (nSPS) is 13.1. The number of sulfonamides is 1. The highest BCUT2D eigenvalue weighted by molar-refractivity contribution is 7.93. The van der Waals surface area contributed by atoms with Crippen LogP contribution in [-0.4, -0.2) is 50.8 Å². The van der Waals surface area contributed by atoms with Crippen LogP contribution in [-0.2, 0) is 16.6 Å². The summed E-state index contributed by atoms with van der Waals surface area (Å²) in [6, 6.07) is 6.52. The van der Waals surface area contributed by atoms with Gasteiger partial charge in [-0.3, -0.25) is 9.40 Å². The molecule has 2 aromatic carbocycles. The van der Waals surface area contributed by atoms with Gasteiger partial charge in [-0.25, -0.2) is 8.42 Å². The van der Waals surface area contributed by atoms with Crippen molar-refractivity contribution < 1.29 is 31.9 Å². The molecule has 0 unspecified atom stereocenters. The van der Waals surface area contributed by atoms with Gasteiger partial charge in [-0.05, 0) is 29.8 Å². The van der Waals surface area contributed by atoms with Gasteiger partial charge in [0.15, 0.2) is 33.5 Å². The zero-order valence-corrected chi connectivity index (χ0v) is 19.6. The van der Waals surface area contributed by atoms with Crippen molar-refractivity contribution in [2.24, 2.45) is 0 Å². The summed E-state index contributed by atoms with van der Waals surface area (Å²) in [5.41, 5.74) is 0.937. The predicted octanol–water partition coefficient (Wildman–Crippen LogP) is 3.32. The fourth-order valence-corrected chi connectivity index (χ4v) is 5.31. The van der Waals surface area contributed by atoms with E-state index in [9.17, 15) is 8.42 Å². The number of anilines is 1. The maximum absolute atomic E-state index is 13.5. The number of benzene rings is 2. The monoisotopic (exact) mass is 506 g/mol. The van der Waals surface area contributed by atoms with Gasteiger partial charge in [-0.1, -0.05) is 16.8 Å². The first kappa shape index (κ1) is 22.2. The van der Waals surface area contributed by atoms with E-state index < -0.39 is 10.0 Å². The molecule has 2 aromatic heterocycles. The molecule has 0 amide bonds. The van der Waals surface area contributed by atoms with Crippen molar-refractivity contribution in [1.29, 1.82) is 0 Å². The third-order valence-electron chi connectivity index (χ3n) is 5.17. The number of fused-ring (bicyclic) bond motifs is 2. The van der Waals surface area contributed by atoms with Crippen LogP contribution in [0.15, 0.2) is 46.1 Å². The van der Waals surface area contributed by atoms with Crippen LogP contribution in [0, 0.1) is 0 Å². The lowest BCUT2D eigenvalue weighted by molar-refractivity contribution is 0.165. The molecule has 13 heteroatoms. The van der Waals surface area contributed by atoms with Crippen LogP contribution in [0.4, 0.5) is 5.82 Å². The maximum atomic E-state index is 13.5. The summed E-state index contributed by atoms with van der Waals surface area (Å²) in [4.78, 5) is -0.219. The zero-order valence-electron chi connectivity index (χ0n) is 18.1. The summed E-state index contributed by atoms with van der Waals surface area (Å²) < 4.78 is 58.4. The van der Waals surface area contributed by atoms with E-state index in [0.717, 1.165) is 0 Å². The van der Waals surface area contributed by atoms with Gasteiger partial charge >= 0.3 is 0 Å². The van der Waals surface area contributed by atoms with Crippen molar-refractivity contribution in [3.8, 4) is 23.0 Å². The molecule has 11 nitrogen and oxygen atoms in total. The first-order valence-electron chi connectivity index (χ1n) is 10.0. The zero-order chi connectivity index (χ0) is 23.9. The van der Waals surface area contributed by atoms with E-state index in [0.29, 0.717) is 24.5 Å². The van der Waals surface area contributed by atoms with Gasteiger partial charge in [0.1, 0.15) is 24.3 Å². The van der Waals surface area contributed by atoms with Crippen LogP contribution < -0.4 is 23.7 Å². The topological polar surface area (TPSA) is 127 Å². The second-order valence-electron chi connectivity index (χ2n) is 7.22. The Morgan fingerprint density at radius 1 is 1.21 bits per heavy atom. The molecule has 0 spiro atoms. The number of rotatable bonds is 7. The smallest absolute Gasteiger partial charge is 0.270 e. The summed E-state index contributed by atoms with van der Waals surface area (Å²) in [6.45, 7) is 0.847. The van der Waals surface area contributed by atoms with Gasteiger partial charge in [0.25, 0.3) is 10.0 Å². The highest BCUT2D eigenvalue weighted by atomic mass is 35.5. The fraction of sp³-hybridized carbons (Fsp3) is 0.238. The second-order valence-corrected chi connectivity index (χ2v) is 9.21. The summed E-state index contributed by atoms with van der Waals surface area (Å²) in [7, 11) is -1.48. The average molecular weight is 507 g/mol. The quantitative estimate of drug-likeness (QED) is 0.401. The second kappa shape index (κ2) is 8.61. The molecule has 4 aromatic rings. The van der Waals surface area contributed by atoms with Crippen molar-refractivity contribution in [3.63, 3.8) is 0 Å². The highest BCUT2D eigenvalue weighted by Crippen LogP contribution is 2.45. The van der Waals surface area contributed by atoms with Gasteiger partial charge in [0, 0.05) is 12.4 Å². The van der Waals surface area contributed by atoms with Crippen LogP contribution in [0.5, 0.6) is 23.0 Å². The first-order chi connectivity index (χ1) is 16.4. The molecule has 3 heterocycles. The molecule has 0 fully saturated rings. The Balaban J connectivity index is 1.59. The van der Waals surface area contributed by atoms with Gasteiger partial charge in [-0.15, -0.1) is 0 Å². The van der Waals surface area contributed by atoms with E-state index >= 15 is 0 Å². The Morgan fingerprint density at radius 3 is 2.76 bits per heavy atom. The minimum atomic E-state index is -4.26. The molecule has 1 aliphatic heterocycles. The van der Waals surface area contributed by atoms with Crippen LogP contribution in [0.2, 0.25) is 5.02 Å². The van der Waals surface area contributed by atoms with Crippen LogP contribution >= 0.6 is 11.6 Å². The van der Waals surface area contributed by atoms with Crippen molar-refractivity contribution in [2.45, 2.75) is 11.4 Å². The van der Waals surface area contributed by atoms with Crippen molar-refractivity contribution >= 4 is 38.4 Å². The lowest BCUT2D eigenvalue weighted by atomic mass is 10.1. The van der Waals surface area contributed by atoms with E-state index in [-0.39, 0.29) is 50.6 Å². The Kier molecular flexibility index (Phi) is 5.62. The Morgan fingerprint density at radius 2 is 2.03 bits per heavy atom. The standard InChI is InChI=1S/C21H19ClN4O7S/c1-29-14-5-4-13-18(32-9-8-31-13)20(14)34(27,28)25-21-16-15(33-24-21)10-12(17(22)19(16)30-2)11-26-7-3-6-23-26/h3-7,10H,8-9,11H2,1-2H3,(H,24,25). The minimum Gasteiger partial charge on any atom is -0.495 e. The fourth-order valence-electron chi connectivity index (χ4n) is 3.71. The van der Waals surface area contributed by atoms with E-state index in [4.69, 9.17) is 35.1 Å². The molecule has 0 bridgehead atoms. The number of nitrogens with one attached hydrogen (secondary N) is 1. The molecule has 0 aliphatic carbocycles. The molecule has 1 aliphatic rings. The first-order valence-corrected chi connectivity index (χ1v) is 11.9. The molecule has 0 radical (unpaired) electrons. The van der Waals surface area contributed by atoms with E-state index in [1.54, 1.807) is 35.3 Å². The number of halogens is 1. The number of nitrogens with zero attached hydrogens (tertiary/aromatic N) is 3. The summed E-state index contributed by atoms with van der Waals surface area (Å²) in [5.74, 6) is 0.535. The molecule has 178 valence electrons. The highest BCUT2D eigenvalue weighted by Gasteiger charge is 2.32. The Hall–Kier alpha value is -3.64. The molecule has 0 saturated heterocycles. The third-order valence-corrected chi connectivity index (χ3v) is 6.98. The van der Waals surface area contributed by atoms with Gasteiger partial charge < -0.3 is 23.5 Å². The third kappa shape index (κ3) is 3.74. The van der Waals surface area contributed by atoms with Gasteiger partial charge in [0.05, 0.1) is 25.8 Å². The van der Waals surface area contributed by atoms with Gasteiger partial charge in [-0.2, -0.15) is 5.10 Å². The van der Waals surface area contributed by atoms with Crippen LogP contribution in [0.1, 0.15) is 5.56 Å². The van der Waals surface area contributed by atoms with E-state index in [1.807, 2.05) is 0 Å². The molecular weight excluding hydrogens is 488 g/mol. The number of aromatic nitrogens is 3. The number of hydrogen-bond donors (Lipinski definition) is 1. The van der Waals surface area contributed by atoms with Crippen molar-refractivity contribution in [1.82, 2.24) is 14.9 Å². The van der Waals surface area contributed by atoms with Crippen molar-refractivity contribution in [3.05, 3.63) is 47.2 Å². The Labute approximate surface area is 199 Å². The predicted molar refractivity (Wildman–Crippen MR) is 122 cm³/mol. The van der Waals surface area contributed by atoms with Crippen LogP contribution in [0.3, 0.4) is 0 Å². The average Bonchev–Trinajstić information content (AvgIpc) is 3.49. The maximum Gasteiger partial charge on any atom is 0.270 e. The largest absolute Gasteiger partial charge is 0.495 e. The lowest BCUT2D eigenvalue weighted by Gasteiger charge is -2.22. The molecule has 1 N–H and O–H groups in total. The lowest BCUT2D eigenvalue weighted by Crippen LogP contribution is -2.21. The summed E-state index contributed by atoms with van der Waals surface area (Å²) >= 11 is 6.60. The minimum absolute atomic E-state index is 0.0532. The van der Waals surface area contributed by atoms with E-state index in [1.165, 1.54) is 20.3 Å². The molecule has 0 atom stereocenters. The van der Waals surface area contributed by atoms with Gasteiger partial charge in [0.2, 0.25) is 0 Å². The molecule has 0 saturated carbocycles. The molecule has 5 rings (SSSR count). The SMILES string of the molecule is COc1ccc2c(c1S(=O)(=O)Nc1noc3cc(Cn4cccn4)c(Cl)c(OC)c13)OCCO2. The van der Waals surface area contributed by atoms with E-state index in [2.05, 4.69) is 15.0 Å². The Bertz CT molecular complexity index is 1470. The molecular formula is C21H19ClN4O7S. The van der Waals surface area contributed by atoms with Crippen LogP contribution in [0.25, 0.3) is 11.0 Å². The number of methoxy groups -OCH3 is 2.